The molecule has 0 unspecified atom stereocenters. The molecule has 0 saturated heterocycles. The van der Waals surface area contributed by atoms with Gasteiger partial charge >= 0.3 is 8.56 Å². The van der Waals surface area contributed by atoms with E-state index in [0.29, 0.717) is 0 Å². The minimum atomic E-state index is -2.35. The van der Waals surface area contributed by atoms with Gasteiger partial charge in [0, 0.05) is 19.4 Å². The van der Waals surface area contributed by atoms with Crippen LogP contribution < -0.4 is 5.19 Å². The highest BCUT2D eigenvalue weighted by molar-refractivity contribution is 6.81. The van der Waals surface area contributed by atoms with Crippen LogP contribution in [0.1, 0.15) is 12.0 Å². The predicted molar refractivity (Wildman–Crippen MR) is 83.9 cm³/mol. The average Bonchev–Trinajstić information content (AvgIpc) is 2.44. The van der Waals surface area contributed by atoms with Crippen LogP contribution in [0.5, 0.6) is 0 Å². The van der Waals surface area contributed by atoms with Gasteiger partial charge < -0.3 is 13.8 Å². The highest BCUT2D eigenvalue weighted by Gasteiger charge is 2.38. The number of hydrogen-bond donors (Lipinski definition) is 0. The lowest BCUT2D eigenvalue weighted by molar-refractivity contribution is 0.254. The SMILES string of the molecule is C=Cc1ccccc1[Si](CCCN(C)C)(OC)OC. The van der Waals surface area contributed by atoms with E-state index in [1.165, 1.54) is 5.19 Å². The number of rotatable bonds is 8. The van der Waals surface area contributed by atoms with E-state index in [-0.39, 0.29) is 0 Å². The lowest BCUT2D eigenvalue weighted by Gasteiger charge is -2.29. The number of hydrogen-bond acceptors (Lipinski definition) is 3. The highest BCUT2D eigenvalue weighted by atomic mass is 28.4. The Balaban J connectivity index is 3.00. The largest absolute Gasteiger partial charge is 0.394 e. The maximum atomic E-state index is 5.85. The van der Waals surface area contributed by atoms with Gasteiger partial charge in [0.15, 0.2) is 0 Å². The molecule has 0 spiro atoms. The van der Waals surface area contributed by atoms with Crippen molar-refractivity contribution < 1.29 is 8.85 Å². The van der Waals surface area contributed by atoms with Crippen molar-refractivity contribution >= 4 is 19.8 Å². The molecule has 4 heteroatoms. The summed E-state index contributed by atoms with van der Waals surface area (Å²) in [6.45, 7) is 4.92. The maximum Gasteiger partial charge on any atom is 0.372 e. The molecule has 0 aliphatic rings. The molecule has 106 valence electrons. The molecule has 1 rings (SSSR count). The summed E-state index contributed by atoms with van der Waals surface area (Å²) in [6.07, 6.45) is 2.94. The van der Waals surface area contributed by atoms with Crippen molar-refractivity contribution in [2.75, 3.05) is 34.9 Å². The van der Waals surface area contributed by atoms with Crippen molar-refractivity contribution in [3.63, 3.8) is 0 Å². The van der Waals surface area contributed by atoms with Gasteiger partial charge in [-0.15, -0.1) is 0 Å². The summed E-state index contributed by atoms with van der Waals surface area (Å²) in [6, 6.07) is 9.17. The molecular formula is C15H25NO2Si. The van der Waals surface area contributed by atoms with Gasteiger partial charge in [-0.1, -0.05) is 36.9 Å². The normalized spacial score (nSPS) is 11.8. The van der Waals surface area contributed by atoms with E-state index in [0.717, 1.165) is 24.6 Å². The van der Waals surface area contributed by atoms with Crippen LogP contribution in [-0.2, 0) is 8.85 Å². The first-order valence-electron chi connectivity index (χ1n) is 6.56. The lowest BCUT2D eigenvalue weighted by atomic mass is 10.2. The minimum Gasteiger partial charge on any atom is -0.394 e. The Kier molecular flexibility index (Phi) is 6.44. The molecule has 0 aromatic heterocycles. The van der Waals surface area contributed by atoms with E-state index in [1.54, 1.807) is 14.2 Å². The fourth-order valence-corrected chi connectivity index (χ4v) is 5.17. The summed E-state index contributed by atoms with van der Waals surface area (Å²) in [5.41, 5.74) is 1.11. The Hall–Kier alpha value is -0.943. The van der Waals surface area contributed by atoms with Gasteiger partial charge in [-0.05, 0) is 38.7 Å². The van der Waals surface area contributed by atoms with Crippen molar-refractivity contribution in [3.8, 4) is 0 Å². The highest BCUT2D eigenvalue weighted by Crippen LogP contribution is 2.17. The van der Waals surface area contributed by atoms with Crippen LogP contribution in [-0.4, -0.2) is 48.3 Å². The quantitative estimate of drug-likeness (QED) is 0.681. The molecule has 0 saturated carbocycles. The number of benzene rings is 1. The zero-order valence-corrected chi connectivity index (χ0v) is 13.5. The van der Waals surface area contributed by atoms with Crippen molar-refractivity contribution in [1.29, 1.82) is 0 Å². The maximum absolute atomic E-state index is 5.85. The molecule has 3 nitrogen and oxygen atoms in total. The van der Waals surface area contributed by atoms with Crippen LogP contribution in [0.25, 0.3) is 6.08 Å². The average molecular weight is 279 g/mol. The van der Waals surface area contributed by atoms with Gasteiger partial charge in [0.05, 0.1) is 0 Å². The second kappa shape index (κ2) is 7.60. The Bertz CT molecular complexity index is 403. The Morgan fingerprint density at radius 3 is 2.37 bits per heavy atom. The molecule has 0 aliphatic carbocycles. The van der Waals surface area contributed by atoms with Gasteiger partial charge in [-0.25, -0.2) is 0 Å². The zero-order chi connectivity index (χ0) is 14.3. The van der Waals surface area contributed by atoms with E-state index in [1.807, 2.05) is 18.2 Å². The third-order valence-electron chi connectivity index (χ3n) is 3.36. The van der Waals surface area contributed by atoms with Gasteiger partial charge in [0.25, 0.3) is 0 Å². The molecule has 0 bridgehead atoms. The smallest absolute Gasteiger partial charge is 0.372 e. The van der Waals surface area contributed by atoms with Gasteiger partial charge in [0.1, 0.15) is 0 Å². The van der Waals surface area contributed by atoms with Gasteiger partial charge in [0.2, 0.25) is 0 Å². The summed E-state index contributed by atoms with van der Waals surface area (Å²) in [5, 5.41) is 1.17. The van der Waals surface area contributed by atoms with Crippen molar-refractivity contribution in [1.82, 2.24) is 4.90 Å². The molecule has 1 aromatic carbocycles. The Labute approximate surface area is 118 Å². The third kappa shape index (κ3) is 4.01. The van der Waals surface area contributed by atoms with Crippen molar-refractivity contribution in [3.05, 3.63) is 36.4 Å². The van der Waals surface area contributed by atoms with E-state index >= 15 is 0 Å². The molecule has 0 fully saturated rings. The van der Waals surface area contributed by atoms with E-state index in [4.69, 9.17) is 8.85 Å². The van der Waals surface area contributed by atoms with Crippen molar-refractivity contribution in [2.45, 2.75) is 12.5 Å². The zero-order valence-electron chi connectivity index (χ0n) is 12.5. The van der Waals surface area contributed by atoms with Crippen LogP contribution in [0.15, 0.2) is 30.8 Å². The summed E-state index contributed by atoms with van der Waals surface area (Å²) in [4.78, 5) is 2.18. The van der Waals surface area contributed by atoms with Gasteiger partial charge in [-0.2, -0.15) is 0 Å². The fraction of sp³-hybridized carbons (Fsp3) is 0.467. The van der Waals surface area contributed by atoms with Crippen LogP contribution in [0.2, 0.25) is 6.04 Å². The molecule has 0 radical (unpaired) electrons. The summed E-state index contributed by atoms with van der Waals surface area (Å²) < 4.78 is 11.7. The molecular weight excluding hydrogens is 254 g/mol. The summed E-state index contributed by atoms with van der Waals surface area (Å²) >= 11 is 0. The first kappa shape index (κ1) is 16.1. The molecule has 0 aliphatic heterocycles. The van der Waals surface area contributed by atoms with Gasteiger partial charge in [-0.3, -0.25) is 0 Å². The topological polar surface area (TPSA) is 21.7 Å². The Morgan fingerprint density at radius 1 is 1.21 bits per heavy atom. The van der Waals surface area contributed by atoms with Crippen LogP contribution >= 0.6 is 0 Å². The van der Waals surface area contributed by atoms with Crippen LogP contribution in [0, 0.1) is 0 Å². The predicted octanol–water partition coefficient (Wildman–Crippen LogP) is 2.22. The second-order valence-corrected chi connectivity index (χ2v) is 8.22. The molecule has 1 aromatic rings. The second-order valence-electron chi connectivity index (χ2n) is 4.86. The lowest BCUT2D eigenvalue weighted by Crippen LogP contribution is -2.53. The van der Waals surface area contributed by atoms with E-state index in [9.17, 15) is 0 Å². The molecule has 0 N–H and O–H groups in total. The molecule has 0 atom stereocenters. The molecule has 0 heterocycles. The Morgan fingerprint density at radius 2 is 1.84 bits per heavy atom. The minimum absolute atomic E-state index is 0.947. The third-order valence-corrected chi connectivity index (χ3v) is 6.97. The van der Waals surface area contributed by atoms with E-state index in [2.05, 4.69) is 37.7 Å². The standard InChI is InChI=1S/C15H25NO2Si/c1-6-14-10-7-8-11-15(14)19(17-4,18-5)13-9-12-16(2)3/h6-8,10-11H,1,9,12-13H2,2-5H3. The number of nitrogens with zero attached hydrogens (tertiary/aromatic N) is 1. The first-order valence-corrected chi connectivity index (χ1v) is 8.59. The molecule has 0 amide bonds. The van der Waals surface area contributed by atoms with Crippen molar-refractivity contribution in [2.24, 2.45) is 0 Å². The van der Waals surface area contributed by atoms with Crippen LogP contribution in [0.3, 0.4) is 0 Å². The summed E-state index contributed by atoms with van der Waals surface area (Å²) in [5.74, 6) is 0. The van der Waals surface area contributed by atoms with Crippen LogP contribution in [0.4, 0.5) is 0 Å². The monoisotopic (exact) mass is 279 g/mol. The molecule has 19 heavy (non-hydrogen) atoms. The fourth-order valence-electron chi connectivity index (χ4n) is 2.29. The van der Waals surface area contributed by atoms with E-state index < -0.39 is 8.56 Å². The summed E-state index contributed by atoms with van der Waals surface area (Å²) in [7, 11) is 5.33. The first-order chi connectivity index (χ1) is 9.09.